The summed E-state index contributed by atoms with van der Waals surface area (Å²) >= 11 is 0. The number of carbonyl (C=O) groups excluding carboxylic acids is 2. The molecule has 2 aromatic rings. The molecule has 2 unspecified atom stereocenters. The number of hydrogen-bond acceptors (Lipinski definition) is 4. The van der Waals surface area contributed by atoms with Crippen molar-refractivity contribution in [2.24, 2.45) is 5.92 Å². The fourth-order valence-electron chi connectivity index (χ4n) is 3.74. The minimum absolute atomic E-state index is 0.0104. The van der Waals surface area contributed by atoms with Crippen molar-refractivity contribution < 1.29 is 19.1 Å². The monoisotopic (exact) mass is 382 g/mol. The highest BCUT2D eigenvalue weighted by molar-refractivity contribution is 5.90. The van der Waals surface area contributed by atoms with E-state index in [1.165, 1.54) is 0 Å². The fraction of sp³-hybridized carbons (Fsp3) is 0.417. The van der Waals surface area contributed by atoms with Crippen molar-refractivity contribution in [2.75, 3.05) is 0 Å². The number of hydrogen-bond donors (Lipinski definition) is 0. The van der Waals surface area contributed by atoms with Gasteiger partial charge in [0.2, 0.25) is 0 Å². The van der Waals surface area contributed by atoms with Crippen molar-refractivity contribution in [3.63, 3.8) is 0 Å². The SMILES string of the molecule is CCC(C)C(CC)(OC(=O)c1ccccc1)C(C)(C)OC(=O)c1ccccc1. The average Bonchev–Trinajstić information content (AvgIpc) is 2.72. The van der Waals surface area contributed by atoms with Crippen LogP contribution in [0.25, 0.3) is 0 Å². The van der Waals surface area contributed by atoms with Crippen molar-refractivity contribution in [3.8, 4) is 0 Å². The third-order valence-electron chi connectivity index (χ3n) is 5.59. The van der Waals surface area contributed by atoms with Crippen LogP contribution >= 0.6 is 0 Å². The van der Waals surface area contributed by atoms with Gasteiger partial charge >= 0.3 is 11.9 Å². The predicted molar refractivity (Wildman–Crippen MR) is 110 cm³/mol. The molecule has 0 aliphatic heterocycles. The lowest BCUT2D eigenvalue weighted by Gasteiger charge is -2.48. The Balaban J connectivity index is 2.37. The van der Waals surface area contributed by atoms with E-state index in [4.69, 9.17) is 9.47 Å². The van der Waals surface area contributed by atoms with Gasteiger partial charge in [-0.3, -0.25) is 0 Å². The first-order valence-electron chi connectivity index (χ1n) is 9.84. The largest absolute Gasteiger partial charge is 0.452 e. The number of ether oxygens (including phenoxy) is 2. The molecule has 150 valence electrons. The maximum absolute atomic E-state index is 12.9. The van der Waals surface area contributed by atoms with Crippen LogP contribution in [-0.4, -0.2) is 23.1 Å². The molecule has 0 bridgehead atoms. The first-order valence-corrected chi connectivity index (χ1v) is 9.84. The molecule has 0 amide bonds. The van der Waals surface area contributed by atoms with Gasteiger partial charge in [-0.1, -0.05) is 57.2 Å². The van der Waals surface area contributed by atoms with Crippen molar-refractivity contribution >= 4 is 11.9 Å². The second-order valence-electron chi connectivity index (χ2n) is 7.57. The van der Waals surface area contributed by atoms with Crippen LogP contribution in [0.15, 0.2) is 60.7 Å². The van der Waals surface area contributed by atoms with Crippen LogP contribution < -0.4 is 0 Å². The molecular formula is C24H30O4. The Kier molecular flexibility index (Phi) is 7.00. The number of benzene rings is 2. The summed E-state index contributed by atoms with van der Waals surface area (Å²) < 4.78 is 12.0. The summed E-state index contributed by atoms with van der Waals surface area (Å²) in [6, 6.07) is 17.8. The lowest BCUT2D eigenvalue weighted by molar-refractivity contribution is -0.169. The van der Waals surface area contributed by atoms with E-state index in [0.29, 0.717) is 17.5 Å². The molecule has 0 saturated heterocycles. The van der Waals surface area contributed by atoms with Gasteiger partial charge < -0.3 is 9.47 Å². The van der Waals surface area contributed by atoms with E-state index in [0.717, 1.165) is 6.42 Å². The van der Waals surface area contributed by atoms with Gasteiger partial charge in [-0.25, -0.2) is 9.59 Å². The van der Waals surface area contributed by atoms with Crippen LogP contribution in [0.3, 0.4) is 0 Å². The van der Waals surface area contributed by atoms with Crippen molar-refractivity contribution in [1.29, 1.82) is 0 Å². The standard InChI is InChI=1S/C24H30O4/c1-6-18(3)24(7-2,28-22(26)20-16-12-9-13-17-20)23(4,5)27-21(25)19-14-10-8-11-15-19/h8-18H,6-7H2,1-5H3. The molecule has 0 aliphatic carbocycles. The first-order chi connectivity index (χ1) is 13.3. The molecule has 2 atom stereocenters. The Hall–Kier alpha value is -2.62. The summed E-state index contributed by atoms with van der Waals surface area (Å²) in [7, 11) is 0. The van der Waals surface area contributed by atoms with E-state index >= 15 is 0 Å². The normalized spacial score (nSPS) is 14.6. The molecule has 4 nitrogen and oxygen atoms in total. The summed E-state index contributed by atoms with van der Waals surface area (Å²) in [5.41, 5.74) is -1.03. The minimum atomic E-state index is -1.02. The molecule has 0 radical (unpaired) electrons. The third-order valence-corrected chi connectivity index (χ3v) is 5.59. The zero-order chi connectivity index (χ0) is 20.8. The summed E-state index contributed by atoms with van der Waals surface area (Å²) in [6.45, 7) is 9.67. The van der Waals surface area contributed by atoms with E-state index in [1.807, 2.05) is 46.8 Å². The van der Waals surface area contributed by atoms with Crippen LogP contribution in [0.5, 0.6) is 0 Å². The van der Waals surface area contributed by atoms with Crippen LogP contribution in [0.1, 0.15) is 68.2 Å². The van der Waals surface area contributed by atoms with Gasteiger partial charge in [-0.05, 0) is 56.9 Å². The minimum Gasteiger partial charge on any atom is -0.452 e. The molecule has 28 heavy (non-hydrogen) atoms. The Morgan fingerprint density at radius 1 is 0.821 bits per heavy atom. The van der Waals surface area contributed by atoms with E-state index in [1.54, 1.807) is 48.5 Å². The summed E-state index contributed by atoms with van der Waals surface area (Å²) in [5.74, 6) is -0.849. The second kappa shape index (κ2) is 9.05. The highest BCUT2D eigenvalue weighted by Crippen LogP contribution is 2.42. The average molecular weight is 383 g/mol. The molecular weight excluding hydrogens is 352 g/mol. The van der Waals surface area contributed by atoms with E-state index in [9.17, 15) is 9.59 Å². The highest BCUT2D eigenvalue weighted by Gasteiger charge is 2.53. The van der Waals surface area contributed by atoms with Crippen LogP contribution in [-0.2, 0) is 9.47 Å². The molecule has 0 aromatic heterocycles. The molecule has 0 spiro atoms. The van der Waals surface area contributed by atoms with Crippen LogP contribution in [0.4, 0.5) is 0 Å². The maximum Gasteiger partial charge on any atom is 0.338 e. The third kappa shape index (κ3) is 4.44. The van der Waals surface area contributed by atoms with Gasteiger partial charge in [0.15, 0.2) is 5.60 Å². The highest BCUT2D eigenvalue weighted by atomic mass is 16.6. The zero-order valence-electron chi connectivity index (χ0n) is 17.4. The van der Waals surface area contributed by atoms with E-state index in [2.05, 4.69) is 0 Å². The van der Waals surface area contributed by atoms with Gasteiger partial charge in [-0.2, -0.15) is 0 Å². The smallest absolute Gasteiger partial charge is 0.338 e. The molecule has 0 heterocycles. The molecule has 0 fully saturated rings. The van der Waals surface area contributed by atoms with Gasteiger partial charge in [0.05, 0.1) is 11.1 Å². The van der Waals surface area contributed by atoms with Crippen LogP contribution in [0, 0.1) is 5.92 Å². The Morgan fingerprint density at radius 3 is 1.64 bits per heavy atom. The van der Waals surface area contributed by atoms with E-state index < -0.39 is 23.1 Å². The fourth-order valence-corrected chi connectivity index (χ4v) is 3.74. The molecule has 0 N–H and O–H groups in total. The van der Waals surface area contributed by atoms with Crippen molar-refractivity contribution in [2.45, 2.75) is 58.7 Å². The topological polar surface area (TPSA) is 52.6 Å². The summed E-state index contributed by atoms with van der Waals surface area (Å²) in [4.78, 5) is 25.6. The Bertz CT molecular complexity index is 783. The lowest BCUT2D eigenvalue weighted by Crippen LogP contribution is -2.59. The molecule has 2 rings (SSSR count). The number of rotatable bonds is 8. The number of esters is 2. The summed E-state index contributed by atoms with van der Waals surface area (Å²) in [6.07, 6.45) is 1.30. The van der Waals surface area contributed by atoms with Gasteiger partial charge in [0, 0.05) is 0 Å². The molecule has 0 saturated carbocycles. The Morgan fingerprint density at radius 2 is 1.25 bits per heavy atom. The van der Waals surface area contributed by atoms with Gasteiger partial charge in [-0.15, -0.1) is 0 Å². The van der Waals surface area contributed by atoms with Crippen molar-refractivity contribution in [3.05, 3.63) is 71.8 Å². The quantitative estimate of drug-likeness (QED) is 0.552. The zero-order valence-corrected chi connectivity index (χ0v) is 17.4. The number of carbonyl (C=O) groups is 2. The van der Waals surface area contributed by atoms with Crippen LogP contribution in [0.2, 0.25) is 0 Å². The van der Waals surface area contributed by atoms with Gasteiger partial charge in [0.1, 0.15) is 5.60 Å². The summed E-state index contributed by atoms with van der Waals surface area (Å²) in [5, 5.41) is 0. The second-order valence-corrected chi connectivity index (χ2v) is 7.57. The lowest BCUT2D eigenvalue weighted by atomic mass is 9.72. The first kappa shape index (κ1) is 21.7. The molecule has 0 aliphatic rings. The molecule has 2 aromatic carbocycles. The predicted octanol–water partition coefficient (Wildman–Crippen LogP) is 5.67. The maximum atomic E-state index is 12.9. The van der Waals surface area contributed by atoms with Crippen molar-refractivity contribution in [1.82, 2.24) is 0 Å². The van der Waals surface area contributed by atoms with Gasteiger partial charge in [0.25, 0.3) is 0 Å². The molecule has 4 heteroatoms. The Labute approximate surface area is 167 Å². The van der Waals surface area contributed by atoms with E-state index in [-0.39, 0.29) is 5.92 Å².